The maximum atomic E-state index is 12.1. The second kappa shape index (κ2) is 7.84. The quantitative estimate of drug-likeness (QED) is 0.767. The molecule has 1 rings (SSSR count). The van der Waals surface area contributed by atoms with Gasteiger partial charge in [-0.3, -0.25) is 9.59 Å². The minimum atomic E-state index is -0.429. The third kappa shape index (κ3) is 5.34. The van der Waals surface area contributed by atoms with Gasteiger partial charge in [0.25, 0.3) is 0 Å². The van der Waals surface area contributed by atoms with E-state index < -0.39 is 5.25 Å². The van der Waals surface area contributed by atoms with Crippen LogP contribution in [0.2, 0.25) is 0 Å². The molecule has 0 heterocycles. The van der Waals surface area contributed by atoms with Crippen LogP contribution in [0.3, 0.4) is 0 Å². The summed E-state index contributed by atoms with van der Waals surface area (Å²) in [6.07, 6.45) is 0.558. The van der Waals surface area contributed by atoms with Gasteiger partial charge in [-0.05, 0) is 18.9 Å². The molecule has 1 N–H and O–H groups in total. The monoisotopic (exact) mass is 280 g/mol. The highest BCUT2D eigenvalue weighted by Crippen LogP contribution is 2.09. The largest absolute Gasteiger partial charge is 0.355 e. The van der Waals surface area contributed by atoms with Gasteiger partial charge in [0.05, 0.1) is 11.8 Å². The minimum absolute atomic E-state index is 0.0680. The number of carbonyl (C=O) groups excluding carboxylic acids is 2. The first-order valence-electron chi connectivity index (χ1n) is 6.28. The Balaban J connectivity index is 2.50. The first-order chi connectivity index (χ1) is 9.04. The van der Waals surface area contributed by atoms with Crippen LogP contribution in [0.5, 0.6) is 0 Å². The second-order valence-electron chi connectivity index (χ2n) is 4.35. The predicted octanol–water partition coefficient (Wildman–Crippen LogP) is 1.12. The van der Waals surface area contributed by atoms with Gasteiger partial charge >= 0.3 is 0 Å². The number of benzene rings is 1. The van der Waals surface area contributed by atoms with Crippen LogP contribution in [0.15, 0.2) is 30.3 Å². The second-order valence-corrected chi connectivity index (χ2v) is 4.98. The maximum Gasteiger partial charge on any atom is 0.239 e. The first kappa shape index (κ1) is 15.6. The molecule has 1 atom stereocenters. The highest BCUT2D eigenvalue weighted by atomic mass is 32.1. The summed E-state index contributed by atoms with van der Waals surface area (Å²) >= 11 is 4.33. The van der Waals surface area contributed by atoms with Gasteiger partial charge in [-0.1, -0.05) is 30.3 Å². The molecule has 4 nitrogen and oxygen atoms in total. The Morgan fingerprint density at radius 1 is 1.32 bits per heavy atom. The molecular weight excluding hydrogens is 260 g/mol. The maximum absolute atomic E-state index is 12.1. The number of nitrogens with one attached hydrogen (secondary N) is 1. The molecule has 0 aliphatic carbocycles. The van der Waals surface area contributed by atoms with E-state index in [1.165, 1.54) is 4.90 Å². The molecule has 0 aliphatic rings. The van der Waals surface area contributed by atoms with Gasteiger partial charge in [-0.15, -0.1) is 0 Å². The number of likely N-dealkylation sites (N-methyl/N-ethyl adjacent to an activating group) is 2. The minimum Gasteiger partial charge on any atom is -0.355 e. The number of carbonyl (C=O) groups is 2. The number of amides is 2. The van der Waals surface area contributed by atoms with Crippen molar-refractivity contribution in [3.05, 3.63) is 35.9 Å². The molecule has 0 spiro atoms. The molecular formula is C14H20N2O2S. The smallest absolute Gasteiger partial charge is 0.239 e. The fourth-order valence-corrected chi connectivity index (χ4v) is 2.13. The van der Waals surface area contributed by atoms with Gasteiger partial charge in [0.1, 0.15) is 0 Å². The third-order valence-corrected chi connectivity index (χ3v) is 3.09. The van der Waals surface area contributed by atoms with Gasteiger partial charge in [0.15, 0.2) is 0 Å². The van der Waals surface area contributed by atoms with Crippen LogP contribution >= 0.6 is 12.6 Å². The molecule has 19 heavy (non-hydrogen) atoms. The molecule has 0 bridgehead atoms. The van der Waals surface area contributed by atoms with Crippen molar-refractivity contribution in [1.29, 1.82) is 0 Å². The summed E-state index contributed by atoms with van der Waals surface area (Å²) in [5, 5.41) is 2.23. The van der Waals surface area contributed by atoms with Crippen LogP contribution < -0.4 is 5.32 Å². The Labute approximate surface area is 119 Å². The average molecular weight is 280 g/mol. The lowest BCUT2D eigenvalue weighted by atomic mass is 10.1. The van der Waals surface area contributed by atoms with Crippen LogP contribution in [-0.4, -0.2) is 42.1 Å². The van der Waals surface area contributed by atoms with E-state index in [0.29, 0.717) is 13.0 Å². The fourth-order valence-electron chi connectivity index (χ4n) is 1.73. The molecule has 1 aromatic carbocycles. The van der Waals surface area contributed by atoms with E-state index in [1.807, 2.05) is 37.3 Å². The van der Waals surface area contributed by atoms with Crippen molar-refractivity contribution in [2.45, 2.75) is 18.6 Å². The van der Waals surface area contributed by atoms with Crippen molar-refractivity contribution < 1.29 is 9.59 Å². The summed E-state index contributed by atoms with van der Waals surface area (Å²) in [5.74, 6) is -0.294. The molecule has 1 unspecified atom stereocenters. The molecule has 0 saturated heterocycles. The molecule has 0 radical (unpaired) electrons. The Hall–Kier alpha value is -1.49. The summed E-state index contributed by atoms with van der Waals surface area (Å²) in [4.78, 5) is 24.9. The van der Waals surface area contributed by atoms with Crippen molar-refractivity contribution in [2.24, 2.45) is 0 Å². The molecule has 0 aliphatic heterocycles. The van der Waals surface area contributed by atoms with E-state index in [1.54, 1.807) is 7.05 Å². The Kier molecular flexibility index (Phi) is 6.42. The summed E-state index contributed by atoms with van der Waals surface area (Å²) < 4.78 is 0. The number of rotatable bonds is 6. The predicted molar refractivity (Wildman–Crippen MR) is 79.2 cm³/mol. The lowest BCUT2D eigenvalue weighted by Gasteiger charge is -2.20. The van der Waals surface area contributed by atoms with Gasteiger partial charge in [-0.2, -0.15) is 12.6 Å². The summed E-state index contributed by atoms with van der Waals surface area (Å²) in [6.45, 7) is 2.48. The molecule has 0 aromatic heterocycles. The molecule has 0 saturated carbocycles. The van der Waals surface area contributed by atoms with Crippen LogP contribution in [0, 0.1) is 0 Å². The van der Waals surface area contributed by atoms with Gasteiger partial charge in [-0.25, -0.2) is 0 Å². The van der Waals surface area contributed by atoms with E-state index in [9.17, 15) is 9.59 Å². The van der Waals surface area contributed by atoms with Crippen molar-refractivity contribution >= 4 is 24.4 Å². The normalized spacial score (nSPS) is 11.7. The Morgan fingerprint density at radius 3 is 2.53 bits per heavy atom. The van der Waals surface area contributed by atoms with Crippen molar-refractivity contribution in [3.8, 4) is 0 Å². The van der Waals surface area contributed by atoms with Crippen LogP contribution in [-0.2, 0) is 16.0 Å². The molecule has 2 amide bonds. The average Bonchev–Trinajstić information content (AvgIpc) is 2.39. The molecule has 0 fully saturated rings. The number of hydrogen-bond donors (Lipinski definition) is 2. The molecule has 5 heteroatoms. The molecule has 1 aromatic rings. The lowest BCUT2D eigenvalue weighted by molar-refractivity contribution is -0.134. The van der Waals surface area contributed by atoms with Crippen molar-refractivity contribution in [3.63, 3.8) is 0 Å². The summed E-state index contributed by atoms with van der Waals surface area (Å²) in [6, 6.07) is 9.71. The summed E-state index contributed by atoms with van der Waals surface area (Å²) in [7, 11) is 1.62. The van der Waals surface area contributed by atoms with Crippen molar-refractivity contribution in [1.82, 2.24) is 10.2 Å². The number of nitrogens with zero attached hydrogens (tertiary/aromatic N) is 1. The highest BCUT2D eigenvalue weighted by molar-refractivity contribution is 7.81. The van der Waals surface area contributed by atoms with Gasteiger partial charge < -0.3 is 10.2 Å². The van der Waals surface area contributed by atoms with E-state index in [-0.39, 0.29) is 18.4 Å². The van der Waals surface area contributed by atoms with E-state index in [4.69, 9.17) is 0 Å². The fraction of sp³-hybridized carbons (Fsp3) is 0.429. The SMILES string of the molecule is CCNC(=O)CN(C)C(=O)C(S)Cc1ccccc1. The standard InChI is InChI=1S/C14H20N2O2S/c1-3-15-13(17)10-16(2)14(18)12(19)9-11-7-5-4-6-8-11/h4-8,12,19H,3,9-10H2,1-2H3,(H,15,17). The highest BCUT2D eigenvalue weighted by Gasteiger charge is 2.20. The molecule has 104 valence electrons. The lowest BCUT2D eigenvalue weighted by Crippen LogP contribution is -2.41. The number of thiol groups is 1. The van der Waals surface area contributed by atoms with E-state index in [2.05, 4.69) is 17.9 Å². The topological polar surface area (TPSA) is 49.4 Å². The number of hydrogen-bond acceptors (Lipinski definition) is 3. The zero-order chi connectivity index (χ0) is 14.3. The van der Waals surface area contributed by atoms with Gasteiger partial charge in [0, 0.05) is 13.6 Å². The zero-order valence-electron chi connectivity index (χ0n) is 11.3. The first-order valence-corrected chi connectivity index (χ1v) is 6.80. The Morgan fingerprint density at radius 2 is 1.95 bits per heavy atom. The van der Waals surface area contributed by atoms with E-state index in [0.717, 1.165) is 5.56 Å². The van der Waals surface area contributed by atoms with Crippen molar-refractivity contribution in [2.75, 3.05) is 20.1 Å². The van der Waals surface area contributed by atoms with Gasteiger partial charge in [0.2, 0.25) is 11.8 Å². The third-order valence-electron chi connectivity index (χ3n) is 2.69. The summed E-state index contributed by atoms with van der Waals surface area (Å²) in [5.41, 5.74) is 1.06. The zero-order valence-corrected chi connectivity index (χ0v) is 12.2. The van der Waals surface area contributed by atoms with Crippen LogP contribution in [0.1, 0.15) is 12.5 Å². The van der Waals surface area contributed by atoms with Crippen LogP contribution in [0.25, 0.3) is 0 Å². The van der Waals surface area contributed by atoms with E-state index >= 15 is 0 Å². The Bertz CT molecular complexity index is 423. The van der Waals surface area contributed by atoms with Crippen LogP contribution in [0.4, 0.5) is 0 Å².